The van der Waals surface area contributed by atoms with E-state index in [0.717, 1.165) is 19.5 Å². The molecule has 0 saturated carbocycles. The van der Waals surface area contributed by atoms with Crippen molar-refractivity contribution in [2.24, 2.45) is 0 Å². The molecule has 0 aliphatic rings. The molecule has 1 N–H and O–H groups in total. The summed E-state index contributed by atoms with van der Waals surface area (Å²) in [6, 6.07) is 8.76. The Kier molecular flexibility index (Phi) is 5.14. The van der Waals surface area contributed by atoms with Crippen molar-refractivity contribution in [1.29, 1.82) is 0 Å². The SMILES string of the molecule is CNCCCc1cn(CCSC)c2ccccc12. The maximum absolute atomic E-state index is 3.22. The number of para-hydroxylation sites is 1. The zero-order valence-electron chi connectivity index (χ0n) is 11.3. The molecule has 0 aliphatic carbocycles. The van der Waals surface area contributed by atoms with Crippen LogP contribution in [-0.2, 0) is 13.0 Å². The summed E-state index contributed by atoms with van der Waals surface area (Å²) in [7, 11) is 2.02. The van der Waals surface area contributed by atoms with Gasteiger partial charge in [-0.3, -0.25) is 0 Å². The first-order valence-corrected chi connectivity index (χ1v) is 7.96. The topological polar surface area (TPSA) is 17.0 Å². The Morgan fingerprint density at radius 1 is 1.28 bits per heavy atom. The standard InChI is InChI=1S/C15H22N2S/c1-16-9-5-6-13-12-17(10-11-18-2)15-8-4-3-7-14(13)15/h3-4,7-8,12,16H,5-6,9-11H2,1-2H3. The highest BCUT2D eigenvalue weighted by Gasteiger charge is 2.07. The monoisotopic (exact) mass is 262 g/mol. The number of nitrogens with one attached hydrogen (secondary N) is 1. The van der Waals surface area contributed by atoms with E-state index in [1.807, 2.05) is 18.8 Å². The lowest BCUT2D eigenvalue weighted by molar-refractivity contribution is 0.722. The molecule has 0 unspecified atom stereocenters. The van der Waals surface area contributed by atoms with Gasteiger partial charge in [0.25, 0.3) is 0 Å². The van der Waals surface area contributed by atoms with E-state index in [1.54, 1.807) is 0 Å². The second-order valence-electron chi connectivity index (χ2n) is 4.56. The molecule has 0 amide bonds. The van der Waals surface area contributed by atoms with Crippen LogP contribution in [0.5, 0.6) is 0 Å². The van der Waals surface area contributed by atoms with Gasteiger partial charge in [0.2, 0.25) is 0 Å². The molecule has 2 aromatic rings. The zero-order valence-corrected chi connectivity index (χ0v) is 12.1. The lowest BCUT2D eigenvalue weighted by Gasteiger charge is -2.02. The maximum atomic E-state index is 3.22. The van der Waals surface area contributed by atoms with Crippen LogP contribution >= 0.6 is 11.8 Å². The van der Waals surface area contributed by atoms with E-state index < -0.39 is 0 Å². The highest BCUT2D eigenvalue weighted by molar-refractivity contribution is 7.98. The van der Waals surface area contributed by atoms with Gasteiger partial charge in [-0.15, -0.1) is 0 Å². The number of fused-ring (bicyclic) bond motifs is 1. The Bertz CT molecular complexity index is 490. The summed E-state index contributed by atoms with van der Waals surface area (Å²) in [5, 5.41) is 4.64. The fourth-order valence-electron chi connectivity index (χ4n) is 2.35. The van der Waals surface area contributed by atoms with Crippen LogP contribution in [0.15, 0.2) is 30.5 Å². The third-order valence-corrected chi connectivity index (χ3v) is 3.87. The van der Waals surface area contributed by atoms with Crippen molar-refractivity contribution < 1.29 is 0 Å². The third kappa shape index (κ3) is 3.09. The van der Waals surface area contributed by atoms with E-state index >= 15 is 0 Å². The molecule has 0 radical (unpaired) electrons. The molecule has 2 rings (SSSR count). The largest absolute Gasteiger partial charge is 0.346 e. The first kappa shape index (κ1) is 13.5. The number of hydrogen-bond donors (Lipinski definition) is 1. The first-order chi connectivity index (χ1) is 8.86. The van der Waals surface area contributed by atoms with Crippen LogP contribution in [0.25, 0.3) is 10.9 Å². The smallest absolute Gasteiger partial charge is 0.0483 e. The van der Waals surface area contributed by atoms with Crippen molar-refractivity contribution >= 4 is 22.7 Å². The lowest BCUT2D eigenvalue weighted by atomic mass is 10.1. The normalized spacial score (nSPS) is 11.2. The number of thioether (sulfide) groups is 1. The van der Waals surface area contributed by atoms with Gasteiger partial charge in [0, 0.05) is 29.4 Å². The highest BCUT2D eigenvalue weighted by Crippen LogP contribution is 2.22. The second kappa shape index (κ2) is 6.86. The Morgan fingerprint density at radius 3 is 2.89 bits per heavy atom. The van der Waals surface area contributed by atoms with Crippen LogP contribution in [0.1, 0.15) is 12.0 Å². The van der Waals surface area contributed by atoms with E-state index in [2.05, 4.69) is 46.6 Å². The minimum Gasteiger partial charge on any atom is -0.346 e. The lowest BCUT2D eigenvalue weighted by Crippen LogP contribution is -2.08. The summed E-state index contributed by atoms with van der Waals surface area (Å²) in [5.41, 5.74) is 2.87. The van der Waals surface area contributed by atoms with Crippen LogP contribution < -0.4 is 5.32 Å². The van der Waals surface area contributed by atoms with Gasteiger partial charge >= 0.3 is 0 Å². The van der Waals surface area contributed by atoms with Gasteiger partial charge in [0.05, 0.1) is 0 Å². The number of nitrogens with zero attached hydrogens (tertiary/aromatic N) is 1. The van der Waals surface area contributed by atoms with Crippen LogP contribution in [-0.4, -0.2) is 30.2 Å². The summed E-state index contributed by atoms with van der Waals surface area (Å²) in [6.45, 7) is 2.19. The zero-order chi connectivity index (χ0) is 12.8. The van der Waals surface area contributed by atoms with E-state index in [9.17, 15) is 0 Å². The van der Waals surface area contributed by atoms with Crippen LogP contribution in [0.4, 0.5) is 0 Å². The third-order valence-electron chi connectivity index (χ3n) is 3.28. The maximum Gasteiger partial charge on any atom is 0.0483 e. The molecule has 0 atom stereocenters. The van der Waals surface area contributed by atoms with Gasteiger partial charge < -0.3 is 9.88 Å². The van der Waals surface area contributed by atoms with Crippen molar-refractivity contribution in [2.75, 3.05) is 25.6 Å². The Balaban J connectivity index is 2.23. The molecule has 0 saturated heterocycles. The number of benzene rings is 1. The predicted octanol–water partition coefficient (Wildman–Crippen LogP) is 3.16. The van der Waals surface area contributed by atoms with Gasteiger partial charge in [0.15, 0.2) is 0 Å². The van der Waals surface area contributed by atoms with E-state index in [4.69, 9.17) is 0 Å². The fourth-order valence-corrected chi connectivity index (χ4v) is 2.73. The summed E-state index contributed by atoms with van der Waals surface area (Å²) >= 11 is 1.90. The molecular weight excluding hydrogens is 240 g/mol. The summed E-state index contributed by atoms with van der Waals surface area (Å²) in [5.74, 6) is 1.18. The van der Waals surface area contributed by atoms with Gasteiger partial charge in [-0.2, -0.15) is 11.8 Å². The Morgan fingerprint density at radius 2 is 2.11 bits per heavy atom. The average molecular weight is 262 g/mol. The van der Waals surface area contributed by atoms with E-state index in [1.165, 1.54) is 28.6 Å². The number of rotatable bonds is 7. The van der Waals surface area contributed by atoms with Crippen LogP contribution in [0, 0.1) is 0 Å². The summed E-state index contributed by atoms with van der Waals surface area (Å²) in [4.78, 5) is 0. The first-order valence-electron chi connectivity index (χ1n) is 6.57. The molecule has 3 heteroatoms. The molecule has 98 valence electrons. The molecule has 18 heavy (non-hydrogen) atoms. The van der Waals surface area contributed by atoms with Crippen LogP contribution in [0.3, 0.4) is 0 Å². The van der Waals surface area contributed by atoms with Gasteiger partial charge in [0.1, 0.15) is 0 Å². The molecular formula is C15H22N2S. The minimum absolute atomic E-state index is 1.09. The number of aromatic nitrogens is 1. The Hall–Kier alpha value is -0.930. The summed E-state index contributed by atoms with van der Waals surface area (Å²) in [6.07, 6.45) is 6.87. The minimum atomic E-state index is 1.09. The molecule has 2 nitrogen and oxygen atoms in total. The summed E-state index contributed by atoms with van der Waals surface area (Å²) < 4.78 is 2.40. The molecule has 0 aliphatic heterocycles. The second-order valence-corrected chi connectivity index (χ2v) is 5.55. The molecule has 0 spiro atoms. The molecule has 1 aromatic carbocycles. The molecule has 0 fully saturated rings. The predicted molar refractivity (Wildman–Crippen MR) is 82.6 cm³/mol. The van der Waals surface area contributed by atoms with E-state index in [0.29, 0.717) is 0 Å². The van der Waals surface area contributed by atoms with Gasteiger partial charge in [-0.1, -0.05) is 18.2 Å². The molecule has 0 bridgehead atoms. The fraction of sp³-hybridized carbons (Fsp3) is 0.467. The van der Waals surface area contributed by atoms with Crippen molar-refractivity contribution in [3.63, 3.8) is 0 Å². The molecule has 1 aromatic heterocycles. The van der Waals surface area contributed by atoms with E-state index in [-0.39, 0.29) is 0 Å². The van der Waals surface area contributed by atoms with Crippen molar-refractivity contribution in [3.05, 3.63) is 36.0 Å². The van der Waals surface area contributed by atoms with Crippen molar-refractivity contribution in [2.45, 2.75) is 19.4 Å². The van der Waals surface area contributed by atoms with Gasteiger partial charge in [-0.05, 0) is 44.3 Å². The van der Waals surface area contributed by atoms with Crippen LogP contribution in [0.2, 0.25) is 0 Å². The average Bonchev–Trinajstić information content (AvgIpc) is 2.76. The highest BCUT2D eigenvalue weighted by atomic mass is 32.2. The quantitative estimate of drug-likeness (QED) is 0.772. The van der Waals surface area contributed by atoms with Crippen molar-refractivity contribution in [3.8, 4) is 0 Å². The molecule has 1 heterocycles. The van der Waals surface area contributed by atoms with Gasteiger partial charge in [-0.25, -0.2) is 0 Å². The number of aryl methyl sites for hydroxylation is 2. The Labute approximate surface area is 114 Å². The number of hydrogen-bond acceptors (Lipinski definition) is 2. The van der Waals surface area contributed by atoms with Crippen molar-refractivity contribution in [1.82, 2.24) is 9.88 Å².